The monoisotopic (exact) mass is 324 g/mol. The van der Waals surface area contributed by atoms with Crippen LogP contribution in [0.1, 0.15) is 5.56 Å². The summed E-state index contributed by atoms with van der Waals surface area (Å²) < 4.78 is 5.26. The molecule has 2 amide bonds. The molecule has 0 bridgehead atoms. The molecule has 2 rings (SSSR count). The van der Waals surface area contributed by atoms with Gasteiger partial charge in [0.2, 0.25) is 5.91 Å². The molecule has 0 radical (unpaired) electrons. The number of phenols is 1. The molecular formula is C13H12N2O4S2. The minimum Gasteiger partial charge on any atom is -0.504 e. The fourth-order valence-electron chi connectivity index (χ4n) is 1.75. The molecule has 0 aliphatic carbocycles. The van der Waals surface area contributed by atoms with Gasteiger partial charge in [0.05, 0.1) is 12.0 Å². The predicted octanol–water partition coefficient (Wildman–Crippen LogP) is 1.09. The Hall–Kier alpha value is -2.06. The largest absolute Gasteiger partial charge is 0.504 e. The van der Waals surface area contributed by atoms with E-state index >= 15 is 0 Å². The van der Waals surface area contributed by atoms with Gasteiger partial charge in [-0.2, -0.15) is 0 Å². The molecule has 3 N–H and O–H groups in total. The van der Waals surface area contributed by atoms with Crippen molar-refractivity contribution >= 4 is 46.2 Å². The van der Waals surface area contributed by atoms with E-state index in [1.807, 2.05) is 0 Å². The number of amides is 2. The average Bonchev–Trinajstić information content (AvgIpc) is 2.68. The molecule has 0 spiro atoms. The van der Waals surface area contributed by atoms with E-state index < -0.39 is 11.8 Å². The molecular weight excluding hydrogens is 312 g/mol. The summed E-state index contributed by atoms with van der Waals surface area (Å²) in [6.45, 7) is -0.258. The first kappa shape index (κ1) is 15.3. The lowest BCUT2D eigenvalue weighted by Gasteiger charge is -2.10. The van der Waals surface area contributed by atoms with Gasteiger partial charge in [0.1, 0.15) is 10.9 Å². The van der Waals surface area contributed by atoms with Crippen LogP contribution >= 0.6 is 24.0 Å². The highest BCUT2D eigenvalue weighted by Crippen LogP contribution is 2.36. The Morgan fingerprint density at radius 3 is 2.90 bits per heavy atom. The van der Waals surface area contributed by atoms with Gasteiger partial charge in [-0.3, -0.25) is 14.5 Å². The summed E-state index contributed by atoms with van der Waals surface area (Å²) in [6, 6.07) is 4.93. The van der Waals surface area contributed by atoms with Crippen molar-refractivity contribution in [3.8, 4) is 11.5 Å². The SMILES string of the molecule is COc1cccc(/C=C2\SC(=S)N(CC(N)=O)C2=O)c1O. The van der Waals surface area contributed by atoms with Gasteiger partial charge in [0.15, 0.2) is 11.5 Å². The first-order valence-electron chi connectivity index (χ1n) is 5.83. The van der Waals surface area contributed by atoms with Gasteiger partial charge < -0.3 is 15.6 Å². The van der Waals surface area contributed by atoms with E-state index in [0.717, 1.165) is 16.7 Å². The summed E-state index contributed by atoms with van der Waals surface area (Å²) in [7, 11) is 1.44. The van der Waals surface area contributed by atoms with Crippen LogP contribution in [0.25, 0.3) is 6.08 Å². The van der Waals surface area contributed by atoms with Crippen LogP contribution in [0.4, 0.5) is 0 Å². The molecule has 1 aromatic carbocycles. The number of primary amides is 1. The van der Waals surface area contributed by atoms with Gasteiger partial charge in [0, 0.05) is 5.56 Å². The van der Waals surface area contributed by atoms with Gasteiger partial charge in [-0.25, -0.2) is 0 Å². The Balaban J connectivity index is 2.33. The number of carbonyl (C=O) groups excluding carboxylic acids is 2. The van der Waals surface area contributed by atoms with E-state index in [1.54, 1.807) is 18.2 Å². The molecule has 1 heterocycles. The van der Waals surface area contributed by atoms with Crippen LogP contribution in [-0.2, 0) is 9.59 Å². The molecule has 0 saturated carbocycles. The van der Waals surface area contributed by atoms with E-state index in [2.05, 4.69) is 0 Å². The molecule has 0 atom stereocenters. The van der Waals surface area contributed by atoms with Crippen molar-refractivity contribution in [2.45, 2.75) is 0 Å². The van der Waals surface area contributed by atoms with Crippen LogP contribution in [0, 0.1) is 0 Å². The standard InChI is InChI=1S/C13H12N2O4S2/c1-19-8-4-2-3-7(11(8)17)5-9-12(18)15(6-10(14)16)13(20)21-9/h2-5,17H,6H2,1H3,(H2,14,16)/b9-5-. The molecule has 0 aromatic heterocycles. The lowest BCUT2D eigenvalue weighted by atomic mass is 10.1. The summed E-state index contributed by atoms with van der Waals surface area (Å²) in [5.74, 6) is -0.820. The molecule has 0 unspecified atom stereocenters. The van der Waals surface area contributed by atoms with Crippen LogP contribution in [0.2, 0.25) is 0 Å². The number of phenolic OH excluding ortho intramolecular Hbond substituents is 1. The highest BCUT2D eigenvalue weighted by atomic mass is 32.2. The van der Waals surface area contributed by atoms with Gasteiger partial charge in [-0.05, 0) is 12.1 Å². The van der Waals surface area contributed by atoms with Crippen LogP contribution in [0.5, 0.6) is 11.5 Å². The van der Waals surface area contributed by atoms with Crippen LogP contribution in [0.3, 0.4) is 0 Å². The summed E-state index contributed by atoms with van der Waals surface area (Å²) in [6.07, 6.45) is 1.50. The van der Waals surface area contributed by atoms with Crippen molar-refractivity contribution in [3.63, 3.8) is 0 Å². The number of para-hydroxylation sites is 1. The smallest absolute Gasteiger partial charge is 0.266 e. The Bertz CT molecular complexity index is 658. The summed E-state index contributed by atoms with van der Waals surface area (Å²) >= 11 is 6.09. The van der Waals surface area contributed by atoms with E-state index in [1.165, 1.54) is 13.2 Å². The maximum atomic E-state index is 12.2. The number of methoxy groups -OCH3 is 1. The van der Waals surface area contributed by atoms with Crippen LogP contribution in [-0.4, -0.2) is 39.8 Å². The molecule has 1 aliphatic heterocycles. The fraction of sp³-hybridized carbons (Fsp3) is 0.154. The molecule has 110 valence electrons. The second kappa shape index (κ2) is 6.15. The molecule has 8 heteroatoms. The third-order valence-electron chi connectivity index (χ3n) is 2.72. The van der Waals surface area contributed by atoms with Crippen molar-refractivity contribution in [1.29, 1.82) is 0 Å². The Morgan fingerprint density at radius 1 is 1.57 bits per heavy atom. The Labute approximate surface area is 130 Å². The Kier molecular flexibility index (Phi) is 4.49. The number of carbonyl (C=O) groups is 2. The molecule has 21 heavy (non-hydrogen) atoms. The van der Waals surface area contributed by atoms with Crippen LogP contribution < -0.4 is 10.5 Å². The second-order valence-corrected chi connectivity index (χ2v) is 5.81. The summed E-state index contributed by atoms with van der Waals surface area (Å²) in [5.41, 5.74) is 5.50. The lowest BCUT2D eigenvalue weighted by Crippen LogP contribution is -2.36. The molecule has 1 aromatic rings. The number of benzene rings is 1. The minimum atomic E-state index is -0.642. The highest BCUT2D eigenvalue weighted by molar-refractivity contribution is 8.26. The normalized spacial score (nSPS) is 16.6. The number of aromatic hydroxyl groups is 1. The number of thiocarbonyl (C=S) groups is 1. The molecule has 1 fully saturated rings. The zero-order valence-electron chi connectivity index (χ0n) is 11.0. The number of hydrogen-bond donors (Lipinski definition) is 2. The summed E-state index contributed by atoms with van der Waals surface area (Å²) in [5, 5.41) is 10.0. The van der Waals surface area contributed by atoms with Gasteiger partial charge in [0.25, 0.3) is 5.91 Å². The maximum absolute atomic E-state index is 12.2. The quantitative estimate of drug-likeness (QED) is 0.636. The predicted molar refractivity (Wildman–Crippen MR) is 83.7 cm³/mol. The van der Waals surface area contributed by atoms with E-state index in [9.17, 15) is 14.7 Å². The van der Waals surface area contributed by atoms with Crippen molar-refractivity contribution in [3.05, 3.63) is 28.7 Å². The second-order valence-electron chi connectivity index (χ2n) is 4.13. The highest BCUT2D eigenvalue weighted by Gasteiger charge is 2.33. The van der Waals surface area contributed by atoms with Crippen molar-refractivity contribution in [1.82, 2.24) is 4.90 Å². The molecule has 1 saturated heterocycles. The first-order chi connectivity index (χ1) is 9.93. The number of nitrogens with two attached hydrogens (primary N) is 1. The minimum absolute atomic E-state index is 0.0693. The van der Waals surface area contributed by atoms with Crippen molar-refractivity contribution in [2.24, 2.45) is 5.73 Å². The van der Waals surface area contributed by atoms with Crippen molar-refractivity contribution in [2.75, 3.05) is 13.7 Å². The fourth-order valence-corrected chi connectivity index (χ4v) is 3.00. The molecule has 6 nitrogen and oxygen atoms in total. The van der Waals surface area contributed by atoms with Crippen molar-refractivity contribution < 1.29 is 19.4 Å². The lowest BCUT2D eigenvalue weighted by molar-refractivity contribution is -0.127. The van der Waals surface area contributed by atoms with Gasteiger partial charge >= 0.3 is 0 Å². The average molecular weight is 324 g/mol. The number of nitrogens with zero attached hydrogens (tertiary/aromatic N) is 1. The number of hydrogen-bond acceptors (Lipinski definition) is 6. The summed E-state index contributed by atoms with van der Waals surface area (Å²) in [4.78, 5) is 24.5. The topological polar surface area (TPSA) is 92.9 Å². The van der Waals surface area contributed by atoms with Crippen LogP contribution in [0.15, 0.2) is 23.1 Å². The van der Waals surface area contributed by atoms with Gasteiger partial charge in [-0.15, -0.1) is 0 Å². The number of thioether (sulfide) groups is 1. The first-order valence-corrected chi connectivity index (χ1v) is 7.06. The zero-order chi connectivity index (χ0) is 15.6. The number of ether oxygens (including phenoxy) is 1. The van der Waals surface area contributed by atoms with E-state index in [4.69, 9.17) is 22.7 Å². The van der Waals surface area contributed by atoms with E-state index in [0.29, 0.717) is 16.2 Å². The Morgan fingerprint density at radius 2 is 2.29 bits per heavy atom. The number of rotatable bonds is 4. The van der Waals surface area contributed by atoms with Gasteiger partial charge in [-0.1, -0.05) is 36.1 Å². The third-order valence-corrected chi connectivity index (χ3v) is 4.10. The maximum Gasteiger partial charge on any atom is 0.266 e. The molecule has 1 aliphatic rings. The zero-order valence-corrected chi connectivity index (χ0v) is 12.7. The third kappa shape index (κ3) is 3.17. The van der Waals surface area contributed by atoms with E-state index in [-0.39, 0.29) is 16.6 Å².